The highest BCUT2D eigenvalue weighted by Gasteiger charge is 2.58. The SMILES string of the molecule is Cc1noc(C23CCC(C(C)C)(CC2)C3)n1. The first kappa shape index (κ1) is 10.3. The van der Waals surface area contributed by atoms with E-state index >= 15 is 0 Å². The van der Waals surface area contributed by atoms with Crippen molar-refractivity contribution in [1.29, 1.82) is 0 Å². The van der Waals surface area contributed by atoms with Gasteiger partial charge in [-0.15, -0.1) is 0 Å². The molecule has 0 N–H and O–H groups in total. The predicted octanol–water partition coefficient (Wildman–Crippen LogP) is 3.24. The van der Waals surface area contributed by atoms with Crippen LogP contribution in [0.25, 0.3) is 0 Å². The Balaban J connectivity index is 1.94. The lowest BCUT2D eigenvalue weighted by molar-refractivity contribution is 0.199. The van der Waals surface area contributed by atoms with Crippen LogP contribution in [0.5, 0.6) is 0 Å². The summed E-state index contributed by atoms with van der Waals surface area (Å²) in [5, 5.41) is 3.95. The van der Waals surface area contributed by atoms with Crippen LogP contribution in [0.2, 0.25) is 0 Å². The summed E-state index contributed by atoms with van der Waals surface area (Å²) >= 11 is 0. The van der Waals surface area contributed by atoms with Gasteiger partial charge in [0.15, 0.2) is 5.82 Å². The zero-order valence-corrected chi connectivity index (χ0v) is 10.4. The molecule has 1 aromatic heterocycles. The smallest absolute Gasteiger partial charge is 0.232 e. The minimum Gasteiger partial charge on any atom is -0.339 e. The zero-order valence-electron chi connectivity index (χ0n) is 10.4. The molecule has 2 saturated carbocycles. The molecule has 16 heavy (non-hydrogen) atoms. The third-order valence-electron chi connectivity index (χ3n) is 5.10. The van der Waals surface area contributed by atoms with Gasteiger partial charge in [0.1, 0.15) is 0 Å². The number of hydrogen-bond acceptors (Lipinski definition) is 3. The van der Waals surface area contributed by atoms with Crippen molar-refractivity contribution in [2.24, 2.45) is 11.3 Å². The Morgan fingerprint density at radius 3 is 2.31 bits per heavy atom. The molecule has 1 aromatic rings. The number of nitrogens with zero attached hydrogens (tertiary/aromatic N) is 2. The molecule has 0 radical (unpaired) electrons. The Kier molecular flexibility index (Phi) is 1.99. The topological polar surface area (TPSA) is 38.9 Å². The van der Waals surface area contributed by atoms with E-state index in [2.05, 4.69) is 24.0 Å². The largest absolute Gasteiger partial charge is 0.339 e. The molecule has 0 unspecified atom stereocenters. The molecule has 0 aromatic carbocycles. The number of aromatic nitrogens is 2. The predicted molar refractivity (Wildman–Crippen MR) is 61.1 cm³/mol. The highest BCUT2D eigenvalue weighted by Crippen LogP contribution is 2.64. The summed E-state index contributed by atoms with van der Waals surface area (Å²) < 4.78 is 5.43. The van der Waals surface area contributed by atoms with E-state index in [4.69, 9.17) is 4.52 Å². The molecule has 0 amide bonds. The van der Waals surface area contributed by atoms with Crippen molar-refractivity contribution in [2.45, 2.75) is 58.3 Å². The lowest BCUT2D eigenvalue weighted by Gasteiger charge is -2.30. The molecular weight excluding hydrogens is 200 g/mol. The second kappa shape index (κ2) is 3.08. The molecule has 3 heteroatoms. The van der Waals surface area contributed by atoms with Crippen LogP contribution in [0.15, 0.2) is 4.52 Å². The van der Waals surface area contributed by atoms with Gasteiger partial charge in [0.2, 0.25) is 5.89 Å². The number of fused-ring (bicyclic) bond motifs is 2. The maximum absolute atomic E-state index is 5.43. The standard InChI is InChI=1S/C13H20N2O/c1-9(2)12-4-6-13(8-12,7-5-12)11-14-10(3)15-16-11/h9H,4-8H2,1-3H3. The van der Waals surface area contributed by atoms with Crippen molar-refractivity contribution in [2.75, 3.05) is 0 Å². The second-order valence-corrected chi connectivity index (χ2v) is 6.12. The quantitative estimate of drug-likeness (QED) is 0.768. The fourth-order valence-electron chi connectivity index (χ4n) is 3.84. The molecule has 2 bridgehead atoms. The van der Waals surface area contributed by atoms with Crippen LogP contribution in [0.1, 0.15) is 57.7 Å². The van der Waals surface area contributed by atoms with Crippen molar-refractivity contribution < 1.29 is 4.52 Å². The average molecular weight is 220 g/mol. The third kappa shape index (κ3) is 1.20. The van der Waals surface area contributed by atoms with Gasteiger partial charge in [-0.25, -0.2) is 0 Å². The minimum absolute atomic E-state index is 0.228. The van der Waals surface area contributed by atoms with Gasteiger partial charge in [-0.1, -0.05) is 19.0 Å². The van der Waals surface area contributed by atoms with Gasteiger partial charge >= 0.3 is 0 Å². The average Bonchev–Trinajstić information content (AvgIpc) is 2.90. The van der Waals surface area contributed by atoms with Crippen LogP contribution in [0.3, 0.4) is 0 Å². The van der Waals surface area contributed by atoms with Crippen molar-refractivity contribution in [1.82, 2.24) is 10.1 Å². The molecule has 1 heterocycles. The monoisotopic (exact) mass is 220 g/mol. The summed E-state index contributed by atoms with van der Waals surface area (Å²) in [5.41, 5.74) is 0.786. The summed E-state index contributed by atoms with van der Waals surface area (Å²) in [6, 6.07) is 0. The highest BCUT2D eigenvalue weighted by atomic mass is 16.5. The molecule has 88 valence electrons. The van der Waals surface area contributed by atoms with Gasteiger partial charge in [-0.2, -0.15) is 4.98 Å². The number of aryl methyl sites for hydroxylation is 1. The molecule has 0 saturated heterocycles. The fraction of sp³-hybridized carbons (Fsp3) is 0.846. The normalized spacial score (nSPS) is 37.5. The van der Waals surface area contributed by atoms with Crippen molar-refractivity contribution in [3.63, 3.8) is 0 Å². The minimum atomic E-state index is 0.228. The molecule has 0 aliphatic heterocycles. The maximum Gasteiger partial charge on any atom is 0.232 e. The maximum atomic E-state index is 5.43. The number of hydrogen-bond donors (Lipinski definition) is 0. The van der Waals surface area contributed by atoms with E-state index in [0.717, 1.165) is 17.6 Å². The molecule has 3 rings (SSSR count). The van der Waals surface area contributed by atoms with Crippen LogP contribution in [-0.2, 0) is 5.41 Å². The van der Waals surface area contributed by atoms with Gasteiger partial charge < -0.3 is 4.52 Å². The Morgan fingerprint density at radius 2 is 1.88 bits per heavy atom. The van der Waals surface area contributed by atoms with E-state index in [1.165, 1.54) is 32.1 Å². The number of rotatable bonds is 2. The van der Waals surface area contributed by atoms with Gasteiger partial charge in [-0.05, 0) is 50.4 Å². The lowest BCUT2D eigenvalue weighted by atomic mass is 9.75. The van der Waals surface area contributed by atoms with Crippen molar-refractivity contribution >= 4 is 0 Å². The molecule has 0 spiro atoms. The molecule has 3 nitrogen and oxygen atoms in total. The first-order chi connectivity index (χ1) is 7.56. The summed E-state index contributed by atoms with van der Waals surface area (Å²) in [7, 11) is 0. The summed E-state index contributed by atoms with van der Waals surface area (Å²) in [6.07, 6.45) is 6.43. The molecule has 2 fully saturated rings. The van der Waals surface area contributed by atoms with E-state index in [-0.39, 0.29) is 5.41 Å². The highest BCUT2D eigenvalue weighted by molar-refractivity contribution is 5.18. The molecule has 2 aliphatic carbocycles. The van der Waals surface area contributed by atoms with Crippen LogP contribution in [-0.4, -0.2) is 10.1 Å². The zero-order chi connectivity index (χ0) is 11.4. The summed E-state index contributed by atoms with van der Waals surface area (Å²) in [5.74, 6) is 2.46. The van der Waals surface area contributed by atoms with E-state index in [1.54, 1.807) is 0 Å². The van der Waals surface area contributed by atoms with Gasteiger partial charge in [0.25, 0.3) is 0 Å². The fourth-order valence-corrected chi connectivity index (χ4v) is 3.84. The van der Waals surface area contributed by atoms with E-state index in [0.29, 0.717) is 5.41 Å². The first-order valence-corrected chi connectivity index (χ1v) is 6.37. The van der Waals surface area contributed by atoms with Crippen LogP contribution in [0, 0.1) is 18.3 Å². The molecular formula is C13H20N2O. The molecule has 2 aliphatic rings. The van der Waals surface area contributed by atoms with Crippen molar-refractivity contribution in [3.05, 3.63) is 11.7 Å². The van der Waals surface area contributed by atoms with Gasteiger partial charge in [-0.3, -0.25) is 0 Å². The van der Waals surface area contributed by atoms with Crippen LogP contribution < -0.4 is 0 Å². The molecule has 0 atom stereocenters. The lowest BCUT2D eigenvalue weighted by Crippen LogP contribution is -2.21. The summed E-state index contributed by atoms with van der Waals surface area (Å²) in [4.78, 5) is 4.48. The Morgan fingerprint density at radius 1 is 1.19 bits per heavy atom. The Hall–Kier alpha value is -0.860. The Labute approximate surface area is 96.6 Å². The Bertz CT molecular complexity index is 400. The third-order valence-corrected chi connectivity index (χ3v) is 5.10. The second-order valence-electron chi connectivity index (χ2n) is 6.12. The van der Waals surface area contributed by atoms with E-state index < -0.39 is 0 Å². The summed E-state index contributed by atoms with van der Waals surface area (Å²) in [6.45, 7) is 6.63. The van der Waals surface area contributed by atoms with Crippen LogP contribution in [0.4, 0.5) is 0 Å². The van der Waals surface area contributed by atoms with Crippen molar-refractivity contribution in [3.8, 4) is 0 Å². The van der Waals surface area contributed by atoms with Gasteiger partial charge in [0.05, 0.1) is 5.41 Å². The van der Waals surface area contributed by atoms with E-state index in [9.17, 15) is 0 Å². The first-order valence-electron chi connectivity index (χ1n) is 6.37. The van der Waals surface area contributed by atoms with E-state index in [1.807, 2.05) is 6.92 Å². The van der Waals surface area contributed by atoms with Gasteiger partial charge in [0, 0.05) is 0 Å². The van der Waals surface area contributed by atoms with Crippen LogP contribution >= 0.6 is 0 Å².